The third-order valence-electron chi connectivity index (χ3n) is 3.80. The Morgan fingerprint density at radius 3 is 2.63 bits per heavy atom. The van der Waals surface area contributed by atoms with Gasteiger partial charge in [-0.15, -0.1) is 0 Å². The number of fused-ring (bicyclic) bond motifs is 1. The van der Waals surface area contributed by atoms with Crippen LogP contribution in [0.3, 0.4) is 0 Å². The number of hydrogen-bond acceptors (Lipinski definition) is 4. The topological polar surface area (TPSA) is 97.9 Å². The van der Waals surface area contributed by atoms with Gasteiger partial charge in [-0.05, 0) is 38.1 Å². The number of H-pyrrole nitrogens is 2. The molecule has 146 valence electrons. The molecule has 10 heteroatoms. The Balaban J connectivity index is 0.000000321. The van der Waals surface area contributed by atoms with Gasteiger partial charge in [-0.2, -0.15) is 23.4 Å². The third kappa shape index (κ3) is 6.10. The van der Waals surface area contributed by atoms with E-state index in [1.54, 1.807) is 0 Å². The average Bonchev–Trinajstić information content (AvgIpc) is 3.23. The Kier molecular flexibility index (Phi) is 6.56. The Hall–Kier alpha value is -2.88. The van der Waals surface area contributed by atoms with E-state index in [0.29, 0.717) is 0 Å². The zero-order chi connectivity index (χ0) is 20.0. The number of alkyl halides is 3. The van der Waals surface area contributed by atoms with Crippen LogP contribution in [0.25, 0.3) is 10.9 Å². The highest BCUT2D eigenvalue weighted by atomic mass is 19.4. The lowest BCUT2D eigenvalue weighted by molar-refractivity contribution is -0.192. The van der Waals surface area contributed by atoms with E-state index in [-0.39, 0.29) is 0 Å². The standard InChI is InChI=1S/C15H19N5.C2HF3O2/c1-11-3-4-14-13(7-11)15(19-18-14)10-20(2)6-5-12-8-16-17-9-12;3-2(4,5)1(6)7/h3-4,7-9H,5-6,10H2,1-2H3,(H,16,17)(H,18,19);(H,6,7). The molecule has 0 aliphatic rings. The molecular formula is C17H20F3N5O2. The SMILES string of the molecule is Cc1ccc2n[nH]c(CN(C)CCc3cn[nH]c3)c2c1.O=C(O)C(F)(F)F. The van der Waals surface area contributed by atoms with Gasteiger partial charge in [-0.3, -0.25) is 10.2 Å². The summed E-state index contributed by atoms with van der Waals surface area (Å²) >= 11 is 0. The highest BCUT2D eigenvalue weighted by molar-refractivity contribution is 5.81. The predicted molar refractivity (Wildman–Crippen MR) is 93.1 cm³/mol. The summed E-state index contributed by atoms with van der Waals surface area (Å²) in [6.45, 7) is 3.97. The van der Waals surface area contributed by atoms with Crippen LogP contribution in [0, 0.1) is 6.92 Å². The van der Waals surface area contributed by atoms with Gasteiger partial charge in [0.1, 0.15) is 0 Å². The van der Waals surface area contributed by atoms with Gasteiger partial charge in [0.25, 0.3) is 0 Å². The number of nitrogens with zero attached hydrogens (tertiary/aromatic N) is 3. The number of carbonyl (C=O) groups is 1. The van der Waals surface area contributed by atoms with Gasteiger partial charge in [0.15, 0.2) is 0 Å². The average molecular weight is 383 g/mol. The fourth-order valence-electron chi connectivity index (χ4n) is 2.38. The maximum atomic E-state index is 10.6. The molecule has 0 saturated carbocycles. The van der Waals surface area contributed by atoms with Crippen molar-refractivity contribution in [2.45, 2.75) is 26.1 Å². The molecule has 3 rings (SSSR count). The lowest BCUT2D eigenvalue weighted by Gasteiger charge is -2.15. The van der Waals surface area contributed by atoms with Crippen molar-refractivity contribution in [2.24, 2.45) is 0 Å². The van der Waals surface area contributed by atoms with Gasteiger partial charge < -0.3 is 10.0 Å². The van der Waals surface area contributed by atoms with Crippen molar-refractivity contribution >= 4 is 16.9 Å². The monoisotopic (exact) mass is 383 g/mol. The number of carboxylic acid groups (broad SMARTS) is 1. The molecule has 2 aromatic heterocycles. The fourth-order valence-corrected chi connectivity index (χ4v) is 2.38. The first-order chi connectivity index (χ1) is 12.7. The van der Waals surface area contributed by atoms with Crippen LogP contribution in [-0.4, -0.2) is 56.1 Å². The first kappa shape index (κ1) is 20.4. The summed E-state index contributed by atoms with van der Waals surface area (Å²) in [5.41, 5.74) is 4.72. The molecule has 0 aliphatic heterocycles. The molecule has 0 amide bonds. The zero-order valence-electron chi connectivity index (χ0n) is 14.8. The predicted octanol–water partition coefficient (Wildman–Crippen LogP) is 2.90. The molecule has 27 heavy (non-hydrogen) atoms. The third-order valence-corrected chi connectivity index (χ3v) is 3.80. The molecule has 0 spiro atoms. The molecule has 0 bridgehead atoms. The molecule has 0 unspecified atom stereocenters. The second-order valence-corrected chi connectivity index (χ2v) is 6.12. The van der Waals surface area contributed by atoms with E-state index in [0.717, 1.165) is 25.0 Å². The summed E-state index contributed by atoms with van der Waals surface area (Å²) in [6.07, 6.45) is -0.260. The maximum absolute atomic E-state index is 10.6. The summed E-state index contributed by atoms with van der Waals surface area (Å²) in [5, 5.41) is 22.7. The second kappa shape index (κ2) is 8.67. The number of aliphatic carboxylic acids is 1. The molecular weight excluding hydrogens is 363 g/mol. The van der Waals surface area contributed by atoms with E-state index in [1.165, 1.54) is 22.2 Å². The minimum atomic E-state index is -5.08. The number of likely N-dealkylation sites (N-methyl/N-ethyl adjacent to an activating group) is 1. The van der Waals surface area contributed by atoms with Crippen molar-refractivity contribution in [1.82, 2.24) is 25.3 Å². The van der Waals surface area contributed by atoms with Crippen molar-refractivity contribution in [1.29, 1.82) is 0 Å². The Bertz CT molecular complexity index is 874. The fraction of sp³-hybridized carbons (Fsp3) is 0.353. The molecule has 0 radical (unpaired) electrons. The van der Waals surface area contributed by atoms with Crippen LogP contribution in [0.5, 0.6) is 0 Å². The summed E-state index contributed by atoms with van der Waals surface area (Å²) in [7, 11) is 2.13. The molecule has 0 saturated heterocycles. The number of carboxylic acids is 1. The van der Waals surface area contributed by atoms with E-state index in [9.17, 15) is 13.2 Å². The molecule has 3 aromatic rings. The molecule has 0 aliphatic carbocycles. The lowest BCUT2D eigenvalue weighted by atomic mass is 10.1. The van der Waals surface area contributed by atoms with Crippen LogP contribution in [0.4, 0.5) is 13.2 Å². The Morgan fingerprint density at radius 1 is 1.33 bits per heavy atom. The van der Waals surface area contributed by atoms with Crippen LogP contribution in [0.15, 0.2) is 30.6 Å². The number of aryl methyl sites for hydroxylation is 1. The van der Waals surface area contributed by atoms with Gasteiger partial charge in [0.05, 0.1) is 17.4 Å². The van der Waals surface area contributed by atoms with Gasteiger partial charge >= 0.3 is 12.1 Å². The number of hydrogen-bond donors (Lipinski definition) is 3. The highest BCUT2D eigenvalue weighted by Gasteiger charge is 2.38. The van der Waals surface area contributed by atoms with Crippen molar-refractivity contribution in [3.05, 3.63) is 47.4 Å². The van der Waals surface area contributed by atoms with Crippen LogP contribution in [0.1, 0.15) is 16.8 Å². The minimum absolute atomic E-state index is 0.873. The molecule has 3 N–H and O–H groups in total. The number of rotatable bonds is 5. The highest BCUT2D eigenvalue weighted by Crippen LogP contribution is 2.18. The van der Waals surface area contributed by atoms with Crippen molar-refractivity contribution in [3.8, 4) is 0 Å². The number of aromatic amines is 2. The Morgan fingerprint density at radius 2 is 2.04 bits per heavy atom. The van der Waals surface area contributed by atoms with E-state index in [4.69, 9.17) is 9.90 Å². The van der Waals surface area contributed by atoms with E-state index in [2.05, 4.69) is 57.5 Å². The summed E-state index contributed by atoms with van der Waals surface area (Å²) in [6, 6.07) is 6.35. The molecule has 2 heterocycles. The van der Waals surface area contributed by atoms with Crippen LogP contribution >= 0.6 is 0 Å². The first-order valence-corrected chi connectivity index (χ1v) is 8.06. The van der Waals surface area contributed by atoms with Gasteiger partial charge in [-0.25, -0.2) is 4.79 Å². The Labute approximate surface area is 153 Å². The minimum Gasteiger partial charge on any atom is -0.475 e. The van der Waals surface area contributed by atoms with E-state index >= 15 is 0 Å². The van der Waals surface area contributed by atoms with Gasteiger partial charge in [0.2, 0.25) is 0 Å². The van der Waals surface area contributed by atoms with E-state index in [1.807, 2.05) is 12.4 Å². The number of benzene rings is 1. The number of aromatic nitrogens is 4. The molecule has 0 fully saturated rings. The molecule has 7 nitrogen and oxygen atoms in total. The maximum Gasteiger partial charge on any atom is 0.490 e. The van der Waals surface area contributed by atoms with Gasteiger partial charge in [-0.1, -0.05) is 11.6 Å². The summed E-state index contributed by atoms with van der Waals surface area (Å²) < 4.78 is 31.7. The van der Waals surface area contributed by atoms with E-state index < -0.39 is 12.1 Å². The van der Waals surface area contributed by atoms with Crippen molar-refractivity contribution < 1.29 is 23.1 Å². The van der Waals surface area contributed by atoms with Crippen molar-refractivity contribution in [3.63, 3.8) is 0 Å². The normalized spacial score (nSPS) is 11.5. The first-order valence-electron chi connectivity index (χ1n) is 8.06. The van der Waals surface area contributed by atoms with Gasteiger partial charge in [0, 0.05) is 24.7 Å². The summed E-state index contributed by atoms with van der Waals surface area (Å²) in [4.78, 5) is 11.2. The smallest absolute Gasteiger partial charge is 0.475 e. The number of nitrogens with one attached hydrogen (secondary N) is 2. The van der Waals surface area contributed by atoms with Crippen LogP contribution < -0.4 is 0 Å². The lowest BCUT2D eigenvalue weighted by Crippen LogP contribution is -2.21. The molecule has 1 aromatic carbocycles. The van der Waals surface area contributed by atoms with Crippen molar-refractivity contribution in [2.75, 3.05) is 13.6 Å². The molecule has 0 atom stereocenters. The second-order valence-electron chi connectivity index (χ2n) is 6.12. The largest absolute Gasteiger partial charge is 0.490 e. The number of halogens is 3. The van der Waals surface area contributed by atoms with Crippen LogP contribution in [-0.2, 0) is 17.8 Å². The summed E-state index contributed by atoms with van der Waals surface area (Å²) in [5.74, 6) is -2.76. The quantitative estimate of drug-likeness (QED) is 0.629. The zero-order valence-corrected chi connectivity index (χ0v) is 14.8. The van der Waals surface area contributed by atoms with Crippen LogP contribution in [0.2, 0.25) is 0 Å².